The van der Waals surface area contributed by atoms with Gasteiger partial charge in [-0.05, 0) is 22.3 Å². The van der Waals surface area contributed by atoms with Gasteiger partial charge in [0.1, 0.15) is 5.41 Å². The maximum atomic E-state index is 13.4. The fourth-order valence-electron chi connectivity index (χ4n) is 4.63. The molecule has 3 aromatic carbocycles. The summed E-state index contributed by atoms with van der Waals surface area (Å²) in [5, 5.41) is 2.98. The number of hydrogen-bond acceptors (Lipinski definition) is 2. The zero-order chi connectivity index (χ0) is 17.7. The summed E-state index contributed by atoms with van der Waals surface area (Å²) in [6, 6.07) is 25.2. The van der Waals surface area contributed by atoms with Crippen molar-refractivity contribution < 1.29 is 9.59 Å². The molecule has 2 aliphatic rings. The minimum absolute atomic E-state index is 0.00968. The van der Waals surface area contributed by atoms with Crippen LogP contribution in [0.15, 0.2) is 78.9 Å². The van der Waals surface area contributed by atoms with E-state index in [1.54, 1.807) is 0 Å². The molecule has 1 fully saturated rings. The molecule has 1 heterocycles. The summed E-state index contributed by atoms with van der Waals surface area (Å²) in [4.78, 5) is 26.6. The lowest BCUT2D eigenvalue weighted by molar-refractivity contribution is -0.123. The van der Waals surface area contributed by atoms with E-state index >= 15 is 0 Å². The molecule has 126 valence electrons. The Bertz CT molecular complexity index is 993. The van der Waals surface area contributed by atoms with Crippen LogP contribution in [0.4, 0.5) is 0 Å². The zero-order valence-corrected chi connectivity index (χ0v) is 14.1. The monoisotopic (exact) mass is 339 g/mol. The lowest BCUT2D eigenvalue weighted by atomic mass is 9.67. The molecule has 1 aliphatic heterocycles. The SMILES string of the molecule is O=C(c1ccccc1)C1CNC(=O)C12c1ccccc1-c1ccccc12. The standard InChI is InChI=1S/C23H17NO2/c25-21(15-8-2-1-3-9-15)20-14-24-22(26)23(20)18-12-6-4-10-16(18)17-11-5-7-13-19(17)23/h1-13,20H,14H2,(H,24,26). The van der Waals surface area contributed by atoms with E-state index in [0.717, 1.165) is 22.3 Å². The number of ketones is 1. The van der Waals surface area contributed by atoms with Crippen LogP contribution < -0.4 is 5.32 Å². The molecule has 26 heavy (non-hydrogen) atoms. The van der Waals surface area contributed by atoms with Crippen LogP contribution >= 0.6 is 0 Å². The molecule has 3 nitrogen and oxygen atoms in total. The fraction of sp³-hybridized carbons (Fsp3) is 0.130. The molecule has 1 atom stereocenters. The number of hydrogen-bond donors (Lipinski definition) is 1. The third kappa shape index (κ3) is 1.77. The highest BCUT2D eigenvalue weighted by atomic mass is 16.2. The Hall–Kier alpha value is -3.20. The average Bonchev–Trinajstić information content (AvgIpc) is 3.20. The van der Waals surface area contributed by atoms with Crippen molar-refractivity contribution in [3.05, 3.63) is 95.6 Å². The van der Waals surface area contributed by atoms with Crippen LogP contribution in [0.25, 0.3) is 11.1 Å². The molecular weight excluding hydrogens is 322 g/mol. The van der Waals surface area contributed by atoms with Crippen molar-refractivity contribution >= 4 is 11.7 Å². The van der Waals surface area contributed by atoms with Crippen molar-refractivity contribution in [1.82, 2.24) is 5.32 Å². The second-order valence-corrected chi connectivity index (χ2v) is 6.89. The highest BCUT2D eigenvalue weighted by Gasteiger charge is 2.59. The van der Waals surface area contributed by atoms with E-state index in [-0.39, 0.29) is 11.7 Å². The van der Waals surface area contributed by atoms with Gasteiger partial charge >= 0.3 is 0 Å². The number of nitrogens with one attached hydrogen (secondary N) is 1. The third-order valence-electron chi connectivity index (χ3n) is 5.72. The number of rotatable bonds is 2. The number of carbonyl (C=O) groups is 2. The number of Topliss-reactive ketones (excluding diaryl/α,β-unsaturated/α-hetero) is 1. The lowest BCUT2D eigenvalue weighted by Crippen LogP contribution is -2.42. The summed E-state index contributed by atoms with van der Waals surface area (Å²) in [7, 11) is 0. The van der Waals surface area contributed by atoms with Crippen LogP contribution in [-0.2, 0) is 10.2 Å². The van der Waals surface area contributed by atoms with Crippen LogP contribution in [0.2, 0.25) is 0 Å². The van der Waals surface area contributed by atoms with Gasteiger partial charge in [-0.3, -0.25) is 9.59 Å². The van der Waals surface area contributed by atoms with Gasteiger partial charge in [0.15, 0.2) is 5.78 Å². The maximum Gasteiger partial charge on any atom is 0.236 e. The van der Waals surface area contributed by atoms with Gasteiger partial charge in [0.25, 0.3) is 0 Å². The molecule has 1 aliphatic carbocycles. The lowest BCUT2D eigenvalue weighted by Gasteiger charge is -2.29. The fourth-order valence-corrected chi connectivity index (χ4v) is 4.63. The van der Waals surface area contributed by atoms with Gasteiger partial charge in [-0.25, -0.2) is 0 Å². The van der Waals surface area contributed by atoms with E-state index in [1.807, 2.05) is 78.9 Å². The first-order chi connectivity index (χ1) is 12.7. The molecule has 0 saturated carbocycles. The Kier molecular flexibility index (Phi) is 3.13. The third-order valence-corrected chi connectivity index (χ3v) is 5.72. The van der Waals surface area contributed by atoms with Crippen molar-refractivity contribution in [2.45, 2.75) is 5.41 Å². The summed E-state index contributed by atoms with van der Waals surface area (Å²) >= 11 is 0. The second-order valence-electron chi connectivity index (χ2n) is 6.89. The number of fused-ring (bicyclic) bond motifs is 5. The molecule has 1 spiro atoms. The number of carbonyl (C=O) groups excluding carboxylic acids is 2. The molecule has 0 radical (unpaired) electrons. The van der Waals surface area contributed by atoms with Gasteiger partial charge < -0.3 is 5.32 Å². The number of amides is 1. The van der Waals surface area contributed by atoms with E-state index in [2.05, 4.69) is 5.32 Å². The quantitative estimate of drug-likeness (QED) is 0.726. The summed E-state index contributed by atoms with van der Waals surface area (Å²) < 4.78 is 0. The van der Waals surface area contributed by atoms with Gasteiger partial charge in [0.05, 0.1) is 5.92 Å². The van der Waals surface area contributed by atoms with E-state index in [9.17, 15) is 9.59 Å². The van der Waals surface area contributed by atoms with E-state index in [1.165, 1.54) is 0 Å². The van der Waals surface area contributed by atoms with Gasteiger partial charge in [-0.2, -0.15) is 0 Å². The smallest absolute Gasteiger partial charge is 0.236 e. The van der Waals surface area contributed by atoms with Crippen molar-refractivity contribution in [2.75, 3.05) is 6.54 Å². The van der Waals surface area contributed by atoms with Crippen molar-refractivity contribution in [2.24, 2.45) is 5.92 Å². The summed E-state index contributed by atoms with van der Waals surface area (Å²) in [5.74, 6) is -0.526. The molecule has 1 unspecified atom stereocenters. The van der Waals surface area contributed by atoms with Crippen molar-refractivity contribution in [3.63, 3.8) is 0 Å². The molecule has 1 saturated heterocycles. The first kappa shape index (κ1) is 15.1. The first-order valence-corrected chi connectivity index (χ1v) is 8.81. The Morgan fingerprint density at radius 3 is 1.96 bits per heavy atom. The van der Waals surface area contributed by atoms with Crippen molar-refractivity contribution in [3.8, 4) is 11.1 Å². The van der Waals surface area contributed by atoms with Crippen LogP contribution in [0.1, 0.15) is 21.5 Å². The van der Waals surface area contributed by atoms with Gasteiger partial charge in [0.2, 0.25) is 5.91 Å². The Labute approximate surface area is 151 Å². The molecular formula is C23H17NO2. The Balaban J connectivity index is 1.78. The van der Waals surface area contributed by atoms with Gasteiger partial charge in [0, 0.05) is 12.1 Å². The molecule has 1 N–H and O–H groups in total. The molecule has 0 aromatic heterocycles. The highest BCUT2D eigenvalue weighted by molar-refractivity contribution is 6.11. The molecule has 3 aromatic rings. The van der Waals surface area contributed by atoms with Crippen LogP contribution in [0.5, 0.6) is 0 Å². The van der Waals surface area contributed by atoms with Crippen molar-refractivity contribution in [1.29, 1.82) is 0 Å². The van der Waals surface area contributed by atoms with E-state index in [4.69, 9.17) is 0 Å². The summed E-state index contributed by atoms with van der Waals surface area (Å²) in [6.45, 7) is 0.356. The topological polar surface area (TPSA) is 46.2 Å². The van der Waals surface area contributed by atoms with Gasteiger partial charge in [-0.15, -0.1) is 0 Å². The predicted octanol–water partition coefficient (Wildman–Crippen LogP) is 3.58. The van der Waals surface area contributed by atoms with Gasteiger partial charge in [-0.1, -0.05) is 78.9 Å². The van der Waals surface area contributed by atoms with Crippen LogP contribution in [0.3, 0.4) is 0 Å². The minimum atomic E-state index is -0.944. The van der Waals surface area contributed by atoms with Crippen LogP contribution in [-0.4, -0.2) is 18.2 Å². The van der Waals surface area contributed by atoms with E-state index in [0.29, 0.717) is 12.1 Å². The zero-order valence-electron chi connectivity index (χ0n) is 14.1. The Morgan fingerprint density at radius 1 is 0.808 bits per heavy atom. The summed E-state index contributed by atoms with van der Waals surface area (Å²) in [5.41, 5.74) is 3.67. The minimum Gasteiger partial charge on any atom is -0.354 e. The number of benzene rings is 3. The van der Waals surface area contributed by atoms with E-state index < -0.39 is 11.3 Å². The summed E-state index contributed by atoms with van der Waals surface area (Å²) in [6.07, 6.45) is 0. The molecule has 5 rings (SSSR count). The highest BCUT2D eigenvalue weighted by Crippen LogP contribution is 2.55. The molecule has 3 heteroatoms. The largest absolute Gasteiger partial charge is 0.354 e. The Morgan fingerprint density at radius 2 is 1.35 bits per heavy atom. The normalized spacial score (nSPS) is 19.1. The second kappa shape index (κ2) is 5.40. The molecule has 0 bridgehead atoms. The first-order valence-electron chi connectivity index (χ1n) is 8.81. The van der Waals surface area contributed by atoms with Crippen LogP contribution in [0, 0.1) is 5.92 Å². The predicted molar refractivity (Wildman–Crippen MR) is 99.9 cm³/mol. The molecule has 1 amide bonds. The average molecular weight is 339 g/mol. The maximum absolute atomic E-state index is 13.4.